The highest BCUT2D eigenvalue weighted by Gasteiger charge is 2.21. The van der Waals surface area contributed by atoms with Crippen molar-refractivity contribution in [1.29, 1.82) is 0 Å². The number of anilines is 1. The minimum absolute atomic E-state index is 0.583. The third-order valence-electron chi connectivity index (χ3n) is 3.15. The van der Waals surface area contributed by atoms with Crippen LogP contribution >= 0.6 is 17.8 Å². The fourth-order valence-corrected chi connectivity index (χ4v) is 6.01. The second-order valence-electron chi connectivity index (χ2n) is 4.63. The van der Waals surface area contributed by atoms with Crippen LogP contribution in [-0.4, -0.2) is 13.7 Å². The van der Waals surface area contributed by atoms with Gasteiger partial charge in [-0.05, 0) is 68.5 Å². The molecule has 0 fully saturated rings. The van der Waals surface area contributed by atoms with Gasteiger partial charge in [0.25, 0.3) is 0 Å². The van der Waals surface area contributed by atoms with Gasteiger partial charge < -0.3 is 14.3 Å². The van der Waals surface area contributed by atoms with E-state index in [1.54, 1.807) is 18.4 Å². The summed E-state index contributed by atoms with van der Waals surface area (Å²) in [7, 11) is 1.66. The summed E-state index contributed by atoms with van der Waals surface area (Å²) in [4.78, 5) is 1.30. The fraction of sp³-hybridized carbons (Fsp3) is 0.333. The molecular formula is C15H20NO2PS2. The van der Waals surface area contributed by atoms with E-state index >= 15 is 0 Å². The van der Waals surface area contributed by atoms with Crippen molar-refractivity contribution in [3.63, 3.8) is 0 Å². The number of methoxy groups -OCH3 is 1. The summed E-state index contributed by atoms with van der Waals surface area (Å²) in [6.45, 7) is 6.77. The first kappa shape index (κ1) is 16.5. The molecule has 0 saturated heterocycles. The molecule has 1 N–H and O–H groups in total. The number of rotatable bonds is 6. The van der Waals surface area contributed by atoms with Gasteiger partial charge in [-0.2, -0.15) is 0 Å². The molecule has 0 spiro atoms. The van der Waals surface area contributed by atoms with Crippen LogP contribution in [0.3, 0.4) is 0 Å². The van der Waals surface area contributed by atoms with Crippen LogP contribution < -0.4 is 15.1 Å². The maximum atomic E-state index is 5.92. The van der Waals surface area contributed by atoms with Crippen molar-refractivity contribution in [3.8, 4) is 5.75 Å². The van der Waals surface area contributed by atoms with Crippen molar-refractivity contribution >= 4 is 39.9 Å². The van der Waals surface area contributed by atoms with E-state index < -0.39 is 6.42 Å². The molecule has 1 aromatic carbocycles. The number of aryl methyl sites for hydroxylation is 2. The molecule has 114 valence electrons. The average Bonchev–Trinajstić information content (AvgIpc) is 2.77. The number of benzene rings is 1. The standard InChI is InChI=1S/C15H20NO2PS2/c1-5-18-19(20,14-8-6-13(17-4)7-9-14)16-15-10-11(2)12(3)21-15/h6-10H,5H2,1-4H3,(H,16,20). The summed E-state index contributed by atoms with van der Waals surface area (Å²) in [6, 6.07) is 9.93. The van der Waals surface area contributed by atoms with Gasteiger partial charge in [0, 0.05) is 10.2 Å². The number of hydrogen-bond acceptors (Lipinski definition) is 4. The van der Waals surface area contributed by atoms with Crippen molar-refractivity contribution in [2.45, 2.75) is 20.8 Å². The van der Waals surface area contributed by atoms with Gasteiger partial charge in [0.05, 0.1) is 18.7 Å². The van der Waals surface area contributed by atoms with Crippen LogP contribution in [0.15, 0.2) is 30.3 Å². The molecule has 2 rings (SSSR count). The number of hydrogen-bond donors (Lipinski definition) is 1. The Hall–Kier alpha value is -0.870. The molecule has 0 amide bonds. The van der Waals surface area contributed by atoms with E-state index in [1.807, 2.05) is 31.2 Å². The van der Waals surface area contributed by atoms with Crippen molar-refractivity contribution in [3.05, 3.63) is 40.8 Å². The zero-order valence-corrected chi connectivity index (χ0v) is 15.2. The van der Waals surface area contributed by atoms with E-state index in [9.17, 15) is 0 Å². The number of thiophene rings is 1. The van der Waals surface area contributed by atoms with Crippen LogP contribution in [0.25, 0.3) is 0 Å². The first-order valence-corrected chi connectivity index (χ1v) is 10.3. The van der Waals surface area contributed by atoms with Crippen LogP contribution in [0.4, 0.5) is 5.00 Å². The summed E-state index contributed by atoms with van der Waals surface area (Å²) in [5.41, 5.74) is 1.27. The molecule has 3 nitrogen and oxygen atoms in total. The molecule has 0 aliphatic heterocycles. The van der Waals surface area contributed by atoms with Crippen molar-refractivity contribution in [2.24, 2.45) is 0 Å². The highest BCUT2D eigenvalue weighted by atomic mass is 32.4. The highest BCUT2D eigenvalue weighted by Crippen LogP contribution is 2.48. The van der Waals surface area contributed by atoms with Gasteiger partial charge in [-0.3, -0.25) is 0 Å². The van der Waals surface area contributed by atoms with Crippen molar-refractivity contribution < 1.29 is 9.26 Å². The van der Waals surface area contributed by atoms with E-state index in [1.165, 1.54) is 10.4 Å². The number of nitrogens with one attached hydrogen (secondary N) is 1. The topological polar surface area (TPSA) is 30.5 Å². The normalized spacial score (nSPS) is 13.7. The summed E-state index contributed by atoms with van der Waals surface area (Å²) >= 11 is 7.54. The smallest absolute Gasteiger partial charge is 0.183 e. The minimum Gasteiger partial charge on any atom is -0.497 e. The summed E-state index contributed by atoms with van der Waals surface area (Å²) in [5, 5.41) is 5.52. The summed E-state index contributed by atoms with van der Waals surface area (Å²) in [5.74, 6) is 0.819. The highest BCUT2D eigenvalue weighted by molar-refractivity contribution is 8.16. The predicted molar refractivity (Wildman–Crippen MR) is 96.0 cm³/mol. The molecule has 1 atom stereocenters. The maximum Gasteiger partial charge on any atom is 0.183 e. The lowest BCUT2D eigenvalue weighted by Gasteiger charge is -2.23. The molecule has 6 heteroatoms. The van der Waals surface area contributed by atoms with Gasteiger partial charge in [0.15, 0.2) is 6.42 Å². The lowest BCUT2D eigenvalue weighted by molar-refractivity contribution is 0.384. The van der Waals surface area contributed by atoms with E-state index in [4.69, 9.17) is 21.1 Å². The SMILES string of the molecule is CCOP(=S)(Nc1cc(C)c(C)s1)c1ccc(OC)cc1. The zero-order valence-electron chi connectivity index (χ0n) is 12.7. The Morgan fingerprint density at radius 3 is 2.38 bits per heavy atom. The second kappa shape index (κ2) is 6.93. The Labute approximate surface area is 135 Å². The molecule has 2 aromatic rings. The van der Waals surface area contributed by atoms with Crippen molar-refractivity contribution in [1.82, 2.24) is 0 Å². The van der Waals surface area contributed by atoms with E-state index in [0.717, 1.165) is 16.1 Å². The minimum atomic E-state index is -2.29. The van der Waals surface area contributed by atoms with Crippen LogP contribution in [0, 0.1) is 13.8 Å². The summed E-state index contributed by atoms with van der Waals surface area (Å²) < 4.78 is 11.1. The third-order valence-corrected chi connectivity index (χ3v) is 7.72. The van der Waals surface area contributed by atoms with Crippen LogP contribution in [0.5, 0.6) is 5.75 Å². The molecule has 0 saturated carbocycles. The molecule has 0 radical (unpaired) electrons. The Morgan fingerprint density at radius 1 is 1.24 bits per heavy atom. The van der Waals surface area contributed by atoms with Crippen LogP contribution in [-0.2, 0) is 16.3 Å². The molecule has 0 bridgehead atoms. The molecule has 0 aliphatic rings. The molecule has 1 heterocycles. The molecular weight excluding hydrogens is 321 g/mol. The fourth-order valence-electron chi connectivity index (χ4n) is 1.90. The quantitative estimate of drug-likeness (QED) is 0.786. The lowest BCUT2D eigenvalue weighted by atomic mass is 10.3. The third kappa shape index (κ3) is 3.86. The molecule has 21 heavy (non-hydrogen) atoms. The van der Waals surface area contributed by atoms with Crippen LogP contribution in [0.1, 0.15) is 17.4 Å². The average molecular weight is 341 g/mol. The van der Waals surface area contributed by atoms with Gasteiger partial charge in [0.1, 0.15) is 5.75 Å². The van der Waals surface area contributed by atoms with Crippen LogP contribution in [0.2, 0.25) is 0 Å². The van der Waals surface area contributed by atoms with Gasteiger partial charge in [-0.1, -0.05) is 0 Å². The molecule has 1 aromatic heterocycles. The largest absolute Gasteiger partial charge is 0.497 e. The maximum absolute atomic E-state index is 5.92. The Bertz CT molecular complexity index is 633. The van der Waals surface area contributed by atoms with Gasteiger partial charge >= 0.3 is 0 Å². The monoisotopic (exact) mass is 341 g/mol. The molecule has 0 aliphatic carbocycles. The van der Waals surface area contributed by atoms with Gasteiger partial charge in [0.2, 0.25) is 0 Å². The lowest BCUT2D eigenvalue weighted by Crippen LogP contribution is -2.13. The summed E-state index contributed by atoms with van der Waals surface area (Å²) in [6.07, 6.45) is -2.29. The van der Waals surface area contributed by atoms with Gasteiger partial charge in [-0.25, -0.2) is 0 Å². The Morgan fingerprint density at radius 2 is 1.90 bits per heavy atom. The predicted octanol–water partition coefficient (Wildman–Crippen LogP) is 4.46. The number of ether oxygens (including phenoxy) is 1. The first-order valence-electron chi connectivity index (χ1n) is 6.73. The Balaban J connectivity index is 2.32. The van der Waals surface area contributed by atoms with Gasteiger partial charge in [-0.15, -0.1) is 11.3 Å². The second-order valence-corrected chi connectivity index (χ2v) is 9.53. The Kier molecular flexibility index (Phi) is 5.44. The van der Waals surface area contributed by atoms with E-state index in [2.05, 4.69) is 25.0 Å². The first-order chi connectivity index (χ1) is 9.98. The zero-order chi connectivity index (χ0) is 15.5. The van der Waals surface area contributed by atoms with Crippen molar-refractivity contribution in [2.75, 3.05) is 18.8 Å². The van der Waals surface area contributed by atoms with E-state index in [0.29, 0.717) is 6.61 Å². The molecule has 1 unspecified atom stereocenters. The van der Waals surface area contributed by atoms with E-state index in [-0.39, 0.29) is 0 Å².